The molecule has 108 valence electrons. The van der Waals surface area contributed by atoms with E-state index in [1.807, 2.05) is 0 Å². The molecule has 3 heteroatoms. The summed E-state index contributed by atoms with van der Waals surface area (Å²) < 4.78 is 2.36. The van der Waals surface area contributed by atoms with Gasteiger partial charge in [0.25, 0.3) is 5.91 Å². The Morgan fingerprint density at radius 2 is 2.10 bits per heavy atom. The van der Waals surface area contributed by atoms with Crippen molar-refractivity contribution in [3.63, 3.8) is 0 Å². The highest BCUT2D eigenvalue weighted by atomic mass is 16.2. The zero-order chi connectivity index (χ0) is 13.9. The second-order valence-corrected chi connectivity index (χ2v) is 6.99. The Hall–Kier alpha value is -1.25. The van der Waals surface area contributed by atoms with Crippen molar-refractivity contribution < 1.29 is 4.79 Å². The van der Waals surface area contributed by atoms with E-state index in [1.165, 1.54) is 30.5 Å². The van der Waals surface area contributed by atoms with Gasteiger partial charge in [0.15, 0.2) is 0 Å². The van der Waals surface area contributed by atoms with Gasteiger partial charge in [-0.3, -0.25) is 4.79 Å². The van der Waals surface area contributed by atoms with Gasteiger partial charge in [0.05, 0.1) is 0 Å². The van der Waals surface area contributed by atoms with E-state index in [2.05, 4.69) is 29.4 Å². The van der Waals surface area contributed by atoms with Crippen LogP contribution in [0.1, 0.15) is 73.1 Å². The van der Waals surface area contributed by atoms with E-state index in [-0.39, 0.29) is 5.91 Å². The van der Waals surface area contributed by atoms with Crippen LogP contribution in [0.4, 0.5) is 0 Å². The fraction of sp³-hybridized carbons (Fsp3) is 0.706. The van der Waals surface area contributed by atoms with Gasteiger partial charge in [-0.1, -0.05) is 20.3 Å². The van der Waals surface area contributed by atoms with E-state index in [9.17, 15) is 4.79 Å². The second-order valence-electron chi connectivity index (χ2n) is 6.99. The lowest BCUT2D eigenvalue weighted by Gasteiger charge is -2.31. The van der Waals surface area contributed by atoms with E-state index in [1.54, 1.807) is 0 Å². The molecule has 2 heterocycles. The van der Waals surface area contributed by atoms with Crippen molar-refractivity contribution in [3.8, 4) is 0 Å². The van der Waals surface area contributed by atoms with Gasteiger partial charge in [-0.05, 0) is 42.7 Å². The predicted octanol–water partition coefficient (Wildman–Crippen LogP) is 3.35. The van der Waals surface area contributed by atoms with Gasteiger partial charge in [-0.25, -0.2) is 0 Å². The summed E-state index contributed by atoms with van der Waals surface area (Å²) in [6, 6.07) is 2.23. The number of hydrogen-bond donors (Lipinski definition) is 0. The quantitative estimate of drug-likeness (QED) is 0.828. The molecule has 3 nitrogen and oxygen atoms in total. The number of aromatic nitrogens is 1. The van der Waals surface area contributed by atoms with Crippen LogP contribution >= 0.6 is 0 Å². The molecule has 0 N–H and O–H groups in total. The van der Waals surface area contributed by atoms with Crippen molar-refractivity contribution >= 4 is 5.91 Å². The molecule has 1 fully saturated rings. The summed E-state index contributed by atoms with van der Waals surface area (Å²) in [6.45, 7) is 7.26. The van der Waals surface area contributed by atoms with Crippen molar-refractivity contribution in [3.05, 3.63) is 23.0 Å². The summed E-state index contributed by atoms with van der Waals surface area (Å²) in [4.78, 5) is 14.8. The first kappa shape index (κ1) is 12.5. The van der Waals surface area contributed by atoms with Crippen molar-refractivity contribution in [2.75, 3.05) is 13.1 Å². The lowest BCUT2D eigenvalue weighted by Crippen LogP contribution is -2.42. The summed E-state index contributed by atoms with van der Waals surface area (Å²) in [5.74, 6) is 2.37. The van der Waals surface area contributed by atoms with Crippen LogP contribution < -0.4 is 0 Å². The highest BCUT2D eigenvalue weighted by Crippen LogP contribution is 2.54. The van der Waals surface area contributed by atoms with Crippen molar-refractivity contribution in [2.24, 2.45) is 5.92 Å². The third-order valence-corrected chi connectivity index (χ3v) is 5.76. The molecule has 1 aliphatic heterocycles. The van der Waals surface area contributed by atoms with Gasteiger partial charge >= 0.3 is 0 Å². The van der Waals surface area contributed by atoms with Gasteiger partial charge < -0.3 is 9.47 Å². The number of rotatable bonds is 3. The minimum atomic E-state index is 0.269. The molecule has 0 saturated heterocycles. The number of nitrogens with zero attached hydrogens (tertiary/aromatic N) is 2. The van der Waals surface area contributed by atoms with Crippen LogP contribution in [0.2, 0.25) is 0 Å². The molecule has 1 aromatic heterocycles. The Bertz CT molecular complexity index is 560. The van der Waals surface area contributed by atoms with E-state index >= 15 is 0 Å². The van der Waals surface area contributed by atoms with Crippen LogP contribution in [0.5, 0.6) is 0 Å². The molecule has 1 amide bonds. The molecule has 4 rings (SSSR count). The topological polar surface area (TPSA) is 25.2 Å². The standard InChI is InChI=1S/C17H24N2O/c1-3-11(2)10-18-6-7-19-15(17(18)20)9-14-12-4-5-13(8-12)16(14)19/h9,11-13H,3-8,10H2,1-2H3. The monoisotopic (exact) mass is 272 g/mol. The number of carbonyl (C=O) groups is 1. The Morgan fingerprint density at radius 3 is 2.90 bits per heavy atom. The van der Waals surface area contributed by atoms with Gasteiger partial charge in [0.2, 0.25) is 0 Å². The summed E-state index contributed by atoms with van der Waals surface area (Å²) in [6.07, 6.45) is 5.17. The lowest BCUT2D eigenvalue weighted by atomic mass is 9.98. The fourth-order valence-corrected chi connectivity index (χ4v) is 4.46. The Balaban J connectivity index is 1.65. The molecule has 0 aromatic carbocycles. The van der Waals surface area contributed by atoms with Crippen LogP contribution in [0.25, 0.3) is 0 Å². The van der Waals surface area contributed by atoms with Gasteiger partial charge in [0, 0.05) is 31.2 Å². The zero-order valence-corrected chi connectivity index (χ0v) is 12.6. The van der Waals surface area contributed by atoms with Crippen LogP contribution in [0, 0.1) is 5.92 Å². The molecule has 20 heavy (non-hydrogen) atoms. The third-order valence-electron chi connectivity index (χ3n) is 5.76. The lowest BCUT2D eigenvalue weighted by molar-refractivity contribution is 0.0675. The third kappa shape index (κ3) is 1.61. The Kier molecular flexibility index (Phi) is 2.73. The van der Waals surface area contributed by atoms with E-state index < -0.39 is 0 Å². The van der Waals surface area contributed by atoms with E-state index in [0.717, 1.165) is 43.6 Å². The minimum Gasteiger partial charge on any atom is -0.338 e. The van der Waals surface area contributed by atoms with Gasteiger partial charge in [-0.2, -0.15) is 0 Å². The Labute approximate surface area is 120 Å². The average molecular weight is 272 g/mol. The molecule has 3 atom stereocenters. The molecule has 3 aliphatic rings. The number of amides is 1. The number of carbonyl (C=O) groups excluding carboxylic acids is 1. The molecule has 0 spiro atoms. The normalized spacial score (nSPS) is 28.7. The van der Waals surface area contributed by atoms with Crippen molar-refractivity contribution in [2.45, 2.75) is 57.9 Å². The molecule has 2 aliphatic carbocycles. The Morgan fingerprint density at radius 1 is 1.30 bits per heavy atom. The summed E-state index contributed by atoms with van der Waals surface area (Å²) >= 11 is 0. The highest BCUT2D eigenvalue weighted by molar-refractivity contribution is 5.94. The molecule has 2 bridgehead atoms. The number of hydrogen-bond acceptors (Lipinski definition) is 1. The first-order valence-corrected chi connectivity index (χ1v) is 8.21. The highest BCUT2D eigenvalue weighted by Gasteiger charge is 2.42. The van der Waals surface area contributed by atoms with Crippen molar-refractivity contribution in [1.29, 1.82) is 0 Å². The largest absolute Gasteiger partial charge is 0.338 e. The fourth-order valence-electron chi connectivity index (χ4n) is 4.46. The maximum atomic E-state index is 12.7. The summed E-state index contributed by atoms with van der Waals surface area (Å²) in [7, 11) is 0. The summed E-state index contributed by atoms with van der Waals surface area (Å²) in [5, 5.41) is 0. The molecule has 1 saturated carbocycles. The molecule has 1 aromatic rings. The molecular formula is C17H24N2O. The average Bonchev–Trinajstić information content (AvgIpc) is 3.12. The SMILES string of the molecule is CCC(C)CN1CCn2c(cc3c2C2CCC3C2)C1=O. The van der Waals surface area contributed by atoms with Crippen molar-refractivity contribution in [1.82, 2.24) is 9.47 Å². The van der Waals surface area contributed by atoms with Crippen LogP contribution in [-0.4, -0.2) is 28.5 Å². The second kappa shape index (κ2) is 4.37. The van der Waals surface area contributed by atoms with E-state index in [0.29, 0.717) is 5.92 Å². The predicted molar refractivity (Wildman–Crippen MR) is 79.1 cm³/mol. The summed E-state index contributed by atoms with van der Waals surface area (Å²) in [5.41, 5.74) is 4.00. The molecule has 3 unspecified atom stereocenters. The van der Waals surface area contributed by atoms with E-state index in [4.69, 9.17) is 0 Å². The molecule has 0 radical (unpaired) electrons. The van der Waals surface area contributed by atoms with Crippen LogP contribution in [0.15, 0.2) is 6.07 Å². The molecular weight excluding hydrogens is 248 g/mol. The first-order chi connectivity index (χ1) is 9.69. The minimum absolute atomic E-state index is 0.269. The van der Waals surface area contributed by atoms with Crippen LogP contribution in [-0.2, 0) is 6.54 Å². The maximum Gasteiger partial charge on any atom is 0.270 e. The van der Waals surface area contributed by atoms with Gasteiger partial charge in [0.1, 0.15) is 5.69 Å². The number of fused-ring (bicyclic) bond motifs is 7. The first-order valence-electron chi connectivity index (χ1n) is 8.21. The van der Waals surface area contributed by atoms with Gasteiger partial charge in [-0.15, -0.1) is 0 Å². The smallest absolute Gasteiger partial charge is 0.270 e. The maximum absolute atomic E-state index is 12.7. The van der Waals surface area contributed by atoms with Crippen LogP contribution in [0.3, 0.4) is 0 Å². The zero-order valence-electron chi connectivity index (χ0n) is 12.6.